The predicted molar refractivity (Wildman–Crippen MR) is 123 cm³/mol. The van der Waals surface area contributed by atoms with Crippen LogP contribution in [0, 0.1) is 0 Å². The number of carboxylic acids is 1. The van der Waals surface area contributed by atoms with Crippen LogP contribution in [0.5, 0.6) is 0 Å². The van der Waals surface area contributed by atoms with Crippen molar-refractivity contribution < 1.29 is 9.90 Å². The minimum Gasteiger partial charge on any atom is -0.478 e. The summed E-state index contributed by atoms with van der Waals surface area (Å²) in [4.78, 5) is 17.9. The Hall–Kier alpha value is -3.34. The lowest BCUT2D eigenvalue weighted by Crippen LogP contribution is -2.20. The highest BCUT2D eigenvalue weighted by molar-refractivity contribution is 5.93. The molecule has 0 saturated heterocycles. The first-order valence-electron chi connectivity index (χ1n) is 11.0. The van der Waals surface area contributed by atoms with Gasteiger partial charge in [0.2, 0.25) is 0 Å². The van der Waals surface area contributed by atoms with Gasteiger partial charge in [-0.05, 0) is 85.0 Å². The van der Waals surface area contributed by atoms with Crippen molar-refractivity contribution in [2.75, 3.05) is 17.3 Å². The molecule has 2 aromatic carbocycles. The molecule has 0 spiro atoms. The van der Waals surface area contributed by atoms with Gasteiger partial charge in [0, 0.05) is 24.6 Å². The fourth-order valence-corrected chi connectivity index (χ4v) is 4.58. The molecule has 0 aliphatic heterocycles. The lowest BCUT2D eigenvalue weighted by atomic mass is 9.87. The van der Waals surface area contributed by atoms with Crippen LogP contribution in [0.2, 0.25) is 0 Å². The number of carboxylic acid groups (broad SMARTS) is 1. The van der Waals surface area contributed by atoms with Crippen molar-refractivity contribution in [3.05, 3.63) is 83.2 Å². The van der Waals surface area contributed by atoms with Crippen molar-refractivity contribution >= 4 is 23.0 Å². The van der Waals surface area contributed by atoms with Gasteiger partial charge in [0.25, 0.3) is 0 Å². The van der Waals surface area contributed by atoms with Crippen molar-refractivity contribution in [3.8, 4) is 0 Å². The van der Waals surface area contributed by atoms with Crippen LogP contribution in [0.25, 0.3) is 0 Å². The Morgan fingerprint density at radius 1 is 1.06 bits per heavy atom. The molecule has 1 aromatic heterocycles. The number of rotatable bonds is 6. The third-order valence-electron chi connectivity index (χ3n) is 6.54. The number of fused-ring (bicyclic) bond motifs is 1. The molecule has 31 heavy (non-hydrogen) atoms. The van der Waals surface area contributed by atoms with Crippen molar-refractivity contribution in [3.63, 3.8) is 0 Å². The highest BCUT2D eigenvalue weighted by Gasteiger charge is 2.24. The highest BCUT2D eigenvalue weighted by Crippen LogP contribution is 2.41. The van der Waals surface area contributed by atoms with E-state index < -0.39 is 5.97 Å². The van der Waals surface area contributed by atoms with E-state index in [9.17, 15) is 9.90 Å². The number of hydrogen-bond acceptors (Lipinski definition) is 4. The maximum atomic E-state index is 11.6. The molecule has 1 unspecified atom stereocenters. The maximum absolute atomic E-state index is 11.6. The molecule has 1 fully saturated rings. The van der Waals surface area contributed by atoms with Gasteiger partial charge in [0.05, 0.1) is 23.5 Å². The number of nitrogens with one attached hydrogen (secondary N) is 1. The van der Waals surface area contributed by atoms with Gasteiger partial charge in [-0.15, -0.1) is 0 Å². The van der Waals surface area contributed by atoms with Crippen molar-refractivity contribution in [2.45, 2.75) is 44.1 Å². The first-order chi connectivity index (χ1) is 15.1. The Morgan fingerprint density at radius 2 is 1.84 bits per heavy atom. The Kier molecular flexibility index (Phi) is 5.10. The summed E-state index contributed by atoms with van der Waals surface area (Å²) in [6.07, 6.45) is 8.84. The molecular formula is C26H27N3O2. The number of nitrogens with zero attached hydrogens (tertiary/aromatic N) is 2. The fraction of sp³-hybridized carbons (Fsp3) is 0.308. The standard InChI is InChI=1S/C26H27N3O2/c1-29(20-9-7-18(8-10-20)17-5-6-17)21-11-12-22-19(15-21)3-2-4-24(22)28-25-16-27-14-13-23(25)26(30)31/h7-17,24,28H,2-6H2,1H3,(H,30,31). The van der Waals surface area contributed by atoms with Crippen molar-refractivity contribution in [1.82, 2.24) is 4.98 Å². The zero-order valence-electron chi connectivity index (χ0n) is 17.7. The lowest BCUT2D eigenvalue weighted by Gasteiger charge is -2.29. The Bertz CT molecular complexity index is 1110. The second kappa shape index (κ2) is 8.06. The second-order valence-electron chi connectivity index (χ2n) is 8.62. The van der Waals surface area contributed by atoms with E-state index in [2.05, 4.69) is 64.7 Å². The molecule has 3 aromatic rings. The summed E-state index contributed by atoms with van der Waals surface area (Å²) in [5.74, 6) is -0.167. The monoisotopic (exact) mass is 413 g/mol. The van der Waals surface area contributed by atoms with Crippen LogP contribution < -0.4 is 10.2 Å². The van der Waals surface area contributed by atoms with E-state index in [1.165, 1.54) is 47.1 Å². The van der Waals surface area contributed by atoms with Gasteiger partial charge >= 0.3 is 5.97 Å². The summed E-state index contributed by atoms with van der Waals surface area (Å²) in [5.41, 5.74) is 7.21. The number of aromatic nitrogens is 1. The average molecular weight is 414 g/mol. The van der Waals surface area contributed by atoms with Gasteiger partial charge in [-0.1, -0.05) is 18.2 Å². The van der Waals surface area contributed by atoms with Crippen molar-refractivity contribution in [1.29, 1.82) is 0 Å². The largest absolute Gasteiger partial charge is 0.478 e. The van der Waals surface area contributed by atoms with E-state index >= 15 is 0 Å². The molecule has 0 amide bonds. The third kappa shape index (κ3) is 4.00. The third-order valence-corrected chi connectivity index (χ3v) is 6.54. The van der Waals surface area contributed by atoms with Crippen LogP contribution in [0.15, 0.2) is 60.9 Å². The van der Waals surface area contributed by atoms with Gasteiger partial charge in [-0.2, -0.15) is 0 Å². The quantitative estimate of drug-likeness (QED) is 0.525. The van der Waals surface area contributed by atoms with E-state index in [-0.39, 0.29) is 11.6 Å². The number of carbonyl (C=O) groups is 1. The molecule has 5 heteroatoms. The average Bonchev–Trinajstić information content (AvgIpc) is 3.64. The van der Waals surface area contributed by atoms with E-state index in [1.807, 2.05) is 0 Å². The molecule has 2 aliphatic rings. The molecule has 2 aliphatic carbocycles. The van der Waals surface area contributed by atoms with Gasteiger partial charge in [-0.25, -0.2) is 4.79 Å². The number of anilines is 3. The molecular weight excluding hydrogens is 386 g/mol. The van der Waals surface area contributed by atoms with Gasteiger partial charge < -0.3 is 15.3 Å². The minimum atomic E-state index is -0.939. The number of benzene rings is 2. The van der Waals surface area contributed by atoms with E-state index in [4.69, 9.17) is 0 Å². The second-order valence-corrected chi connectivity index (χ2v) is 8.62. The van der Waals surface area contributed by atoms with Gasteiger partial charge in [-0.3, -0.25) is 4.98 Å². The molecule has 158 valence electrons. The van der Waals surface area contributed by atoms with Crippen LogP contribution in [0.3, 0.4) is 0 Å². The predicted octanol–water partition coefficient (Wildman–Crippen LogP) is 5.91. The number of pyridine rings is 1. The van der Waals surface area contributed by atoms with Crippen LogP contribution in [0.4, 0.5) is 17.1 Å². The van der Waals surface area contributed by atoms with Crippen LogP contribution in [-0.4, -0.2) is 23.1 Å². The Labute approximate surface area is 182 Å². The minimum absolute atomic E-state index is 0.0863. The molecule has 1 saturated carbocycles. The van der Waals surface area contributed by atoms with E-state index in [0.29, 0.717) is 5.69 Å². The topological polar surface area (TPSA) is 65.5 Å². The summed E-state index contributed by atoms with van der Waals surface area (Å²) in [7, 11) is 2.11. The van der Waals surface area contributed by atoms with E-state index in [1.54, 1.807) is 12.3 Å². The van der Waals surface area contributed by atoms with Crippen molar-refractivity contribution in [2.24, 2.45) is 0 Å². The van der Waals surface area contributed by atoms with Crippen LogP contribution in [-0.2, 0) is 6.42 Å². The summed E-state index contributed by atoms with van der Waals surface area (Å²) >= 11 is 0. The molecule has 0 bridgehead atoms. The fourth-order valence-electron chi connectivity index (χ4n) is 4.58. The summed E-state index contributed by atoms with van der Waals surface area (Å²) in [6.45, 7) is 0. The summed E-state index contributed by atoms with van der Waals surface area (Å²) in [5, 5.41) is 12.9. The van der Waals surface area contributed by atoms with Gasteiger partial charge in [0.15, 0.2) is 0 Å². The molecule has 1 atom stereocenters. The number of hydrogen-bond donors (Lipinski definition) is 2. The number of aryl methyl sites for hydroxylation is 1. The first kappa shape index (κ1) is 19.6. The molecule has 5 nitrogen and oxygen atoms in total. The Balaban J connectivity index is 1.38. The summed E-state index contributed by atoms with van der Waals surface area (Å²) in [6, 6.07) is 17.2. The zero-order chi connectivity index (χ0) is 21.4. The molecule has 2 N–H and O–H groups in total. The molecule has 1 heterocycles. The number of aromatic carboxylic acids is 1. The Morgan fingerprint density at radius 3 is 2.58 bits per heavy atom. The maximum Gasteiger partial charge on any atom is 0.337 e. The van der Waals surface area contributed by atoms with Crippen LogP contribution >= 0.6 is 0 Å². The van der Waals surface area contributed by atoms with Crippen LogP contribution in [0.1, 0.15) is 64.7 Å². The first-order valence-corrected chi connectivity index (χ1v) is 11.0. The molecule has 5 rings (SSSR count). The smallest absolute Gasteiger partial charge is 0.337 e. The highest BCUT2D eigenvalue weighted by atomic mass is 16.4. The van der Waals surface area contributed by atoms with Gasteiger partial charge in [0.1, 0.15) is 0 Å². The van der Waals surface area contributed by atoms with E-state index in [0.717, 1.165) is 25.2 Å². The molecule has 0 radical (unpaired) electrons. The summed E-state index contributed by atoms with van der Waals surface area (Å²) < 4.78 is 0. The lowest BCUT2D eigenvalue weighted by molar-refractivity contribution is 0.0697. The zero-order valence-corrected chi connectivity index (χ0v) is 17.7. The normalized spacial score (nSPS) is 17.6. The SMILES string of the molecule is CN(c1ccc(C2CC2)cc1)c1ccc2c(c1)CCCC2Nc1cnccc1C(=O)O.